The SMILES string of the molecule is O=C(CCc1cccs1)NC1CCN(C2CCCC2)CC1. The average Bonchev–Trinajstić information content (AvgIpc) is 3.19. The van der Waals surface area contributed by atoms with Crippen LogP contribution in [-0.4, -0.2) is 36.0 Å². The van der Waals surface area contributed by atoms with Gasteiger partial charge in [0.15, 0.2) is 0 Å². The molecule has 1 aromatic rings. The third-order valence-electron chi connectivity index (χ3n) is 4.91. The smallest absolute Gasteiger partial charge is 0.220 e. The molecule has 2 fully saturated rings. The lowest BCUT2D eigenvalue weighted by molar-refractivity contribution is -0.122. The molecule has 4 heteroatoms. The van der Waals surface area contributed by atoms with Gasteiger partial charge < -0.3 is 10.2 Å². The molecule has 0 spiro atoms. The highest BCUT2D eigenvalue weighted by Gasteiger charge is 2.27. The number of hydrogen-bond acceptors (Lipinski definition) is 3. The molecule has 1 saturated carbocycles. The van der Waals surface area contributed by atoms with E-state index in [-0.39, 0.29) is 5.91 Å². The molecule has 1 aliphatic heterocycles. The highest BCUT2D eigenvalue weighted by molar-refractivity contribution is 7.09. The molecule has 3 rings (SSSR count). The molecule has 3 nitrogen and oxygen atoms in total. The standard InChI is InChI=1S/C17H26N2OS/c20-17(8-7-16-6-3-13-21-16)18-14-9-11-19(12-10-14)15-4-1-2-5-15/h3,6,13-15H,1-2,4-5,7-12H2,(H,18,20). The summed E-state index contributed by atoms with van der Waals surface area (Å²) in [5.74, 6) is 0.225. The number of piperidine rings is 1. The second-order valence-electron chi connectivity index (χ2n) is 6.40. The van der Waals surface area contributed by atoms with Crippen LogP contribution in [0.3, 0.4) is 0 Å². The van der Waals surface area contributed by atoms with Gasteiger partial charge in [-0.25, -0.2) is 0 Å². The van der Waals surface area contributed by atoms with Gasteiger partial charge in [0.1, 0.15) is 0 Å². The monoisotopic (exact) mass is 306 g/mol. The fourth-order valence-corrected chi connectivity index (χ4v) is 4.38. The van der Waals surface area contributed by atoms with E-state index >= 15 is 0 Å². The number of amides is 1. The Kier molecular flexibility index (Phi) is 5.31. The lowest BCUT2D eigenvalue weighted by Gasteiger charge is -2.36. The van der Waals surface area contributed by atoms with Crippen molar-refractivity contribution >= 4 is 17.2 Å². The normalized spacial score (nSPS) is 21.7. The average molecular weight is 306 g/mol. The molecule has 2 heterocycles. The maximum atomic E-state index is 12.0. The molecule has 0 unspecified atom stereocenters. The number of carbonyl (C=O) groups excluding carboxylic acids is 1. The van der Waals surface area contributed by atoms with Crippen LogP contribution in [0.15, 0.2) is 17.5 Å². The van der Waals surface area contributed by atoms with Crippen LogP contribution in [-0.2, 0) is 11.2 Å². The molecule has 116 valence electrons. The van der Waals surface area contributed by atoms with Crippen molar-refractivity contribution in [2.24, 2.45) is 0 Å². The molecule has 2 aliphatic rings. The van der Waals surface area contributed by atoms with Crippen molar-refractivity contribution in [1.29, 1.82) is 0 Å². The Hall–Kier alpha value is -0.870. The maximum absolute atomic E-state index is 12.0. The van der Waals surface area contributed by atoms with Gasteiger partial charge in [0.05, 0.1) is 0 Å². The van der Waals surface area contributed by atoms with E-state index in [2.05, 4.69) is 27.7 Å². The van der Waals surface area contributed by atoms with Crippen molar-refractivity contribution in [1.82, 2.24) is 10.2 Å². The van der Waals surface area contributed by atoms with Gasteiger partial charge >= 0.3 is 0 Å². The van der Waals surface area contributed by atoms with Crippen LogP contribution in [0.1, 0.15) is 49.8 Å². The Balaban J connectivity index is 1.35. The number of nitrogens with one attached hydrogen (secondary N) is 1. The van der Waals surface area contributed by atoms with Crippen LogP contribution in [0.2, 0.25) is 0 Å². The van der Waals surface area contributed by atoms with Crippen LogP contribution >= 0.6 is 11.3 Å². The fourth-order valence-electron chi connectivity index (χ4n) is 3.67. The van der Waals surface area contributed by atoms with Gasteiger partial charge in [-0.2, -0.15) is 0 Å². The second-order valence-corrected chi connectivity index (χ2v) is 7.43. The highest BCUT2D eigenvalue weighted by atomic mass is 32.1. The summed E-state index contributed by atoms with van der Waals surface area (Å²) >= 11 is 1.74. The Morgan fingerprint density at radius 3 is 2.67 bits per heavy atom. The minimum atomic E-state index is 0.225. The zero-order chi connectivity index (χ0) is 14.5. The first kappa shape index (κ1) is 15.0. The predicted octanol–water partition coefficient (Wildman–Crippen LogP) is 3.20. The van der Waals surface area contributed by atoms with E-state index in [4.69, 9.17) is 0 Å². The molecule has 1 saturated heterocycles. The number of hydrogen-bond donors (Lipinski definition) is 1. The first-order chi connectivity index (χ1) is 10.3. The molecule has 1 aromatic heterocycles. The Morgan fingerprint density at radius 2 is 2.00 bits per heavy atom. The number of rotatable bonds is 5. The Labute approximate surface area is 131 Å². The van der Waals surface area contributed by atoms with Crippen molar-refractivity contribution < 1.29 is 4.79 Å². The molecule has 1 aliphatic carbocycles. The molecule has 21 heavy (non-hydrogen) atoms. The zero-order valence-corrected chi connectivity index (χ0v) is 13.5. The summed E-state index contributed by atoms with van der Waals surface area (Å²) in [6, 6.07) is 5.40. The minimum absolute atomic E-state index is 0.225. The molecule has 0 aromatic carbocycles. The van der Waals surface area contributed by atoms with Crippen molar-refractivity contribution in [3.8, 4) is 0 Å². The van der Waals surface area contributed by atoms with Crippen LogP contribution in [0.25, 0.3) is 0 Å². The maximum Gasteiger partial charge on any atom is 0.220 e. The highest BCUT2D eigenvalue weighted by Crippen LogP contribution is 2.26. The third-order valence-corrected chi connectivity index (χ3v) is 5.85. The van der Waals surface area contributed by atoms with Crippen molar-refractivity contribution in [3.63, 3.8) is 0 Å². The summed E-state index contributed by atoms with van der Waals surface area (Å²) in [7, 11) is 0. The minimum Gasteiger partial charge on any atom is -0.353 e. The van der Waals surface area contributed by atoms with Crippen LogP contribution < -0.4 is 5.32 Å². The number of likely N-dealkylation sites (tertiary alicyclic amines) is 1. The van der Waals surface area contributed by atoms with Crippen LogP contribution in [0.4, 0.5) is 0 Å². The van der Waals surface area contributed by atoms with Crippen LogP contribution in [0, 0.1) is 0 Å². The lowest BCUT2D eigenvalue weighted by Crippen LogP contribution is -2.47. The van der Waals surface area contributed by atoms with E-state index in [1.165, 1.54) is 43.6 Å². The van der Waals surface area contributed by atoms with Crippen LogP contribution in [0.5, 0.6) is 0 Å². The first-order valence-electron chi connectivity index (χ1n) is 8.37. The van der Waals surface area contributed by atoms with E-state index in [0.717, 1.165) is 25.3 Å². The summed E-state index contributed by atoms with van der Waals surface area (Å²) in [5.41, 5.74) is 0. The summed E-state index contributed by atoms with van der Waals surface area (Å²) in [6.07, 6.45) is 9.35. The zero-order valence-electron chi connectivity index (χ0n) is 12.7. The Bertz CT molecular complexity index is 432. The Morgan fingerprint density at radius 1 is 1.24 bits per heavy atom. The molecule has 1 amide bonds. The lowest BCUT2D eigenvalue weighted by atomic mass is 10.0. The van der Waals surface area contributed by atoms with Crippen molar-refractivity contribution in [2.75, 3.05) is 13.1 Å². The summed E-state index contributed by atoms with van der Waals surface area (Å²) in [5, 5.41) is 5.31. The summed E-state index contributed by atoms with van der Waals surface area (Å²) < 4.78 is 0. The third kappa shape index (κ3) is 4.30. The number of aryl methyl sites for hydroxylation is 1. The van der Waals surface area contributed by atoms with Gasteiger partial charge in [-0.1, -0.05) is 18.9 Å². The fraction of sp³-hybridized carbons (Fsp3) is 0.706. The van der Waals surface area contributed by atoms with E-state index in [1.54, 1.807) is 11.3 Å². The van der Waals surface area contributed by atoms with Gasteiger partial charge in [0.2, 0.25) is 5.91 Å². The van der Waals surface area contributed by atoms with E-state index < -0.39 is 0 Å². The van der Waals surface area contributed by atoms with Gasteiger partial charge in [-0.3, -0.25) is 4.79 Å². The number of carbonyl (C=O) groups is 1. The molecule has 0 atom stereocenters. The molecular formula is C17H26N2OS. The number of thiophene rings is 1. The first-order valence-corrected chi connectivity index (χ1v) is 9.25. The van der Waals surface area contributed by atoms with E-state index in [9.17, 15) is 4.79 Å². The van der Waals surface area contributed by atoms with Gasteiger partial charge in [-0.15, -0.1) is 11.3 Å². The number of nitrogens with zero attached hydrogens (tertiary/aromatic N) is 1. The van der Waals surface area contributed by atoms with Crippen molar-refractivity contribution in [3.05, 3.63) is 22.4 Å². The summed E-state index contributed by atoms with van der Waals surface area (Å²) in [4.78, 5) is 16.0. The van der Waals surface area contributed by atoms with Gasteiger partial charge in [0, 0.05) is 36.5 Å². The predicted molar refractivity (Wildman–Crippen MR) is 87.6 cm³/mol. The molecule has 0 radical (unpaired) electrons. The van der Waals surface area contributed by atoms with E-state index in [1.807, 2.05) is 0 Å². The summed E-state index contributed by atoms with van der Waals surface area (Å²) in [6.45, 7) is 2.33. The topological polar surface area (TPSA) is 32.3 Å². The molecule has 1 N–H and O–H groups in total. The van der Waals surface area contributed by atoms with E-state index in [0.29, 0.717) is 12.5 Å². The van der Waals surface area contributed by atoms with Crippen molar-refractivity contribution in [2.45, 2.75) is 63.5 Å². The van der Waals surface area contributed by atoms with Gasteiger partial charge in [-0.05, 0) is 43.6 Å². The van der Waals surface area contributed by atoms with Gasteiger partial charge in [0.25, 0.3) is 0 Å². The molecule has 0 bridgehead atoms. The molecular weight excluding hydrogens is 280 g/mol. The second kappa shape index (κ2) is 7.41. The quantitative estimate of drug-likeness (QED) is 0.906. The largest absolute Gasteiger partial charge is 0.353 e.